The third-order valence-corrected chi connectivity index (χ3v) is 2.45. The minimum absolute atomic E-state index is 0.189. The van der Waals surface area contributed by atoms with Crippen molar-refractivity contribution in [2.24, 2.45) is 0 Å². The summed E-state index contributed by atoms with van der Waals surface area (Å²) in [5.41, 5.74) is 2.16. The monoisotopic (exact) mass is 240 g/mol. The van der Waals surface area contributed by atoms with Crippen LogP contribution in [0.1, 0.15) is 13.8 Å². The third-order valence-electron chi connectivity index (χ3n) is 2.45. The van der Waals surface area contributed by atoms with Crippen molar-refractivity contribution in [3.05, 3.63) is 36.7 Å². The Labute approximate surface area is 107 Å². The van der Waals surface area contributed by atoms with E-state index in [1.54, 1.807) is 4.68 Å². The van der Waals surface area contributed by atoms with Crippen LogP contribution in [0.3, 0.4) is 0 Å². The quantitative estimate of drug-likeness (QED) is 0.768. The molecular weight excluding hydrogens is 224 g/mol. The molecule has 1 aromatic heterocycles. The molecule has 0 saturated heterocycles. The van der Waals surface area contributed by atoms with Gasteiger partial charge in [0.2, 0.25) is 0 Å². The van der Waals surface area contributed by atoms with E-state index in [0.29, 0.717) is 6.54 Å². The molecule has 2 aromatic rings. The normalized spacial score (nSPS) is 10.3. The summed E-state index contributed by atoms with van der Waals surface area (Å²) in [6.07, 6.45) is 9.19. The predicted molar refractivity (Wildman–Crippen MR) is 72.3 cm³/mol. The molecule has 92 valence electrons. The van der Waals surface area contributed by atoms with Crippen LogP contribution in [0.4, 0.5) is 0 Å². The molecule has 0 unspecified atom stereocenters. The molecule has 0 bridgehead atoms. The lowest BCUT2D eigenvalue weighted by atomic mass is 10.1. The van der Waals surface area contributed by atoms with Crippen molar-refractivity contribution >= 4 is 0 Å². The van der Waals surface area contributed by atoms with Crippen molar-refractivity contribution in [1.82, 2.24) is 9.78 Å². The van der Waals surface area contributed by atoms with Gasteiger partial charge in [0, 0.05) is 11.8 Å². The van der Waals surface area contributed by atoms with Gasteiger partial charge < -0.3 is 4.74 Å². The number of hydrogen-bond acceptors (Lipinski definition) is 2. The van der Waals surface area contributed by atoms with Gasteiger partial charge in [-0.1, -0.05) is 18.1 Å². The standard InChI is InChI=1S/C15H16N2O/c1-4-9-17-11-14(10-16-17)13-5-7-15(8-6-13)18-12(2)3/h1,5-8,10-12H,9H2,2-3H3. The van der Waals surface area contributed by atoms with Crippen molar-refractivity contribution < 1.29 is 4.74 Å². The summed E-state index contributed by atoms with van der Waals surface area (Å²) >= 11 is 0. The molecule has 1 aromatic carbocycles. The number of hydrogen-bond donors (Lipinski definition) is 0. The molecule has 0 spiro atoms. The van der Waals surface area contributed by atoms with E-state index in [2.05, 4.69) is 11.0 Å². The molecule has 0 saturated carbocycles. The van der Waals surface area contributed by atoms with Gasteiger partial charge in [-0.25, -0.2) is 0 Å². The van der Waals surface area contributed by atoms with E-state index in [0.717, 1.165) is 16.9 Å². The van der Waals surface area contributed by atoms with E-state index < -0.39 is 0 Å². The molecule has 0 fully saturated rings. The first-order valence-corrected chi connectivity index (χ1v) is 5.92. The molecule has 0 aliphatic heterocycles. The van der Waals surface area contributed by atoms with E-state index in [1.165, 1.54) is 0 Å². The number of rotatable bonds is 4. The Bertz CT molecular complexity index is 547. The second-order valence-electron chi connectivity index (χ2n) is 4.32. The van der Waals surface area contributed by atoms with E-state index in [-0.39, 0.29) is 6.10 Å². The molecule has 3 heteroatoms. The maximum atomic E-state index is 5.60. The van der Waals surface area contributed by atoms with Crippen LogP contribution in [0, 0.1) is 12.3 Å². The Kier molecular flexibility index (Phi) is 3.69. The molecule has 2 rings (SSSR count). The molecule has 1 heterocycles. The van der Waals surface area contributed by atoms with Gasteiger partial charge >= 0.3 is 0 Å². The van der Waals surface area contributed by atoms with Gasteiger partial charge in [0.25, 0.3) is 0 Å². The van der Waals surface area contributed by atoms with Crippen LogP contribution in [0.25, 0.3) is 11.1 Å². The lowest BCUT2D eigenvalue weighted by Crippen LogP contribution is -2.05. The average Bonchev–Trinajstić information content (AvgIpc) is 2.78. The highest BCUT2D eigenvalue weighted by atomic mass is 16.5. The SMILES string of the molecule is C#CCn1cc(-c2ccc(OC(C)C)cc2)cn1. The highest BCUT2D eigenvalue weighted by molar-refractivity contribution is 5.62. The van der Waals surface area contributed by atoms with E-state index in [1.807, 2.05) is 50.5 Å². The molecule has 3 nitrogen and oxygen atoms in total. The summed E-state index contributed by atoms with van der Waals surface area (Å²) < 4.78 is 7.35. The Morgan fingerprint density at radius 3 is 2.61 bits per heavy atom. The average molecular weight is 240 g/mol. The lowest BCUT2D eigenvalue weighted by Gasteiger charge is -2.09. The predicted octanol–water partition coefficient (Wildman–Crippen LogP) is 2.97. The molecule has 18 heavy (non-hydrogen) atoms. The highest BCUT2D eigenvalue weighted by Crippen LogP contribution is 2.22. The number of aromatic nitrogens is 2. The largest absolute Gasteiger partial charge is 0.491 e. The van der Waals surface area contributed by atoms with Crippen LogP contribution < -0.4 is 4.74 Å². The van der Waals surface area contributed by atoms with Gasteiger partial charge in [-0.2, -0.15) is 5.10 Å². The Morgan fingerprint density at radius 2 is 2.00 bits per heavy atom. The summed E-state index contributed by atoms with van der Waals surface area (Å²) in [5.74, 6) is 3.44. The third kappa shape index (κ3) is 2.92. The van der Waals surface area contributed by atoms with Gasteiger partial charge in [-0.15, -0.1) is 6.42 Å². The van der Waals surface area contributed by atoms with Gasteiger partial charge in [0.05, 0.1) is 12.3 Å². The Balaban J connectivity index is 2.15. The first kappa shape index (κ1) is 12.3. The lowest BCUT2D eigenvalue weighted by molar-refractivity contribution is 0.242. The summed E-state index contributed by atoms with van der Waals surface area (Å²) in [4.78, 5) is 0. The van der Waals surface area contributed by atoms with Gasteiger partial charge in [0.15, 0.2) is 0 Å². The van der Waals surface area contributed by atoms with Crippen LogP contribution in [-0.2, 0) is 6.54 Å². The molecule has 0 N–H and O–H groups in total. The molecule has 0 atom stereocenters. The van der Waals surface area contributed by atoms with Crippen LogP contribution in [0.2, 0.25) is 0 Å². The minimum atomic E-state index is 0.189. The smallest absolute Gasteiger partial charge is 0.119 e. The van der Waals surface area contributed by atoms with Gasteiger partial charge in [-0.05, 0) is 31.5 Å². The van der Waals surface area contributed by atoms with Gasteiger partial charge in [-0.3, -0.25) is 4.68 Å². The zero-order valence-electron chi connectivity index (χ0n) is 10.6. The van der Waals surface area contributed by atoms with Crippen molar-refractivity contribution in [3.63, 3.8) is 0 Å². The van der Waals surface area contributed by atoms with E-state index in [4.69, 9.17) is 11.2 Å². The van der Waals surface area contributed by atoms with Crippen LogP contribution in [0.5, 0.6) is 5.75 Å². The molecule has 0 amide bonds. The maximum absolute atomic E-state index is 5.60. The number of ether oxygens (including phenoxy) is 1. The summed E-state index contributed by atoms with van der Waals surface area (Å²) in [7, 11) is 0. The second-order valence-corrected chi connectivity index (χ2v) is 4.32. The molecule has 0 aliphatic carbocycles. The topological polar surface area (TPSA) is 27.1 Å². The summed E-state index contributed by atoms with van der Waals surface area (Å²) in [6.45, 7) is 4.52. The van der Waals surface area contributed by atoms with Gasteiger partial charge in [0.1, 0.15) is 12.3 Å². The number of benzene rings is 1. The molecular formula is C15H16N2O. The van der Waals surface area contributed by atoms with Crippen LogP contribution in [-0.4, -0.2) is 15.9 Å². The number of terminal acetylenes is 1. The Morgan fingerprint density at radius 1 is 1.28 bits per heavy atom. The van der Waals surface area contributed by atoms with Crippen LogP contribution >= 0.6 is 0 Å². The van der Waals surface area contributed by atoms with Crippen molar-refractivity contribution in [1.29, 1.82) is 0 Å². The maximum Gasteiger partial charge on any atom is 0.119 e. The molecule has 0 radical (unpaired) electrons. The minimum Gasteiger partial charge on any atom is -0.491 e. The zero-order valence-corrected chi connectivity index (χ0v) is 10.6. The van der Waals surface area contributed by atoms with Crippen molar-refractivity contribution in [2.45, 2.75) is 26.5 Å². The first-order valence-electron chi connectivity index (χ1n) is 5.92. The first-order chi connectivity index (χ1) is 8.69. The zero-order chi connectivity index (χ0) is 13.0. The van der Waals surface area contributed by atoms with E-state index >= 15 is 0 Å². The summed E-state index contributed by atoms with van der Waals surface area (Å²) in [5, 5.41) is 4.20. The highest BCUT2D eigenvalue weighted by Gasteiger charge is 2.02. The van der Waals surface area contributed by atoms with Crippen molar-refractivity contribution in [2.75, 3.05) is 0 Å². The summed E-state index contributed by atoms with van der Waals surface area (Å²) in [6, 6.07) is 7.98. The number of nitrogens with zero attached hydrogens (tertiary/aromatic N) is 2. The second kappa shape index (κ2) is 5.42. The van der Waals surface area contributed by atoms with Crippen LogP contribution in [0.15, 0.2) is 36.7 Å². The Hall–Kier alpha value is -2.21. The van der Waals surface area contributed by atoms with E-state index in [9.17, 15) is 0 Å². The fourth-order valence-corrected chi connectivity index (χ4v) is 1.69. The fraction of sp³-hybridized carbons (Fsp3) is 0.267. The fourth-order valence-electron chi connectivity index (χ4n) is 1.69. The van der Waals surface area contributed by atoms with Crippen molar-refractivity contribution in [3.8, 4) is 29.2 Å². The molecule has 0 aliphatic rings.